The maximum Gasteiger partial charge on any atom is 0.321 e. The predicted molar refractivity (Wildman–Crippen MR) is 215 cm³/mol. The highest BCUT2D eigenvalue weighted by atomic mass is 32.2. The predicted octanol–water partition coefficient (Wildman–Crippen LogP) is -3.58. The van der Waals surface area contributed by atoms with Crippen molar-refractivity contribution in [2.75, 3.05) is 18.6 Å². The van der Waals surface area contributed by atoms with Gasteiger partial charge in [0.25, 0.3) is 0 Å². The van der Waals surface area contributed by atoms with Crippen molar-refractivity contribution >= 4 is 70.3 Å². The Bertz CT molecular complexity index is 1620. The second kappa shape index (κ2) is 29.5. The summed E-state index contributed by atoms with van der Waals surface area (Å²) < 4.78 is 0. The number of guanidine groups is 2. The molecule has 25 heteroatoms. The monoisotopic (exact) mass is 831 g/mol. The molecule has 0 fully saturated rings. The zero-order valence-electron chi connectivity index (χ0n) is 31.4. The van der Waals surface area contributed by atoms with E-state index in [4.69, 9.17) is 77.1 Å². The van der Waals surface area contributed by atoms with Gasteiger partial charge in [0.2, 0.25) is 5.91 Å². The van der Waals surface area contributed by atoms with E-state index in [1.54, 1.807) is 11.8 Å². The van der Waals surface area contributed by atoms with Crippen LogP contribution >= 0.6 is 11.8 Å². The summed E-state index contributed by atoms with van der Waals surface area (Å²) in [7, 11) is 0. The number of aliphatic imine (C=N–C) groups is 2. The first kappa shape index (κ1) is 53.4. The number of hydrogen-bond acceptors (Lipinski definition) is 14. The van der Waals surface area contributed by atoms with Crippen LogP contribution in [0.15, 0.2) is 40.4 Å². The third-order valence-corrected chi connectivity index (χ3v) is 7.78. The van der Waals surface area contributed by atoms with Gasteiger partial charge in [-0.15, -0.1) is 0 Å². The molecular formula is C32H57N13O11S. The second-order valence-electron chi connectivity index (χ2n) is 11.9. The van der Waals surface area contributed by atoms with E-state index in [0.29, 0.717) is 32.2 Å². The van der Waals surface area contributed by atoms with Crippen LogP contribution < -0.4 is 56.9 Å². The molecule has 1 aromatic heterocycles. The van der Waals surface area contributed by atoms with Gasteiger partial charge in [-0.25, -0.2) is 4.99 Å². The largest absolute Gasteiger partial charge is 0.480 e. The summed E-state index contributed by atoms with van der Waals surface area (Å²) in [4.78, 5) is 73.8. The smallest absolute Gasteiger partial charge is 0.321 e. The number of thioether (sulfide) groups is 1. The van der Waals surface area contributed by atoms with Gasteiger partial charge >= 0.3 is 29.8 Å². The number of rotatable bonds is 22. The maximum atomic E-state index is 11.0. The summed E-state index contributed by atoms with van der Waals surface area (Å²) in [5.41, 5.74) is 48.7. The summed E-state index contributed by atoms with van der Waals surface area (Å²) in [6, 6.07) is 2.98. The van der Waals surface area contributed by atoms with Crippen LogP contribution in [0.25, 0.3) is 10.9 Å². The molecule has 0 saturated carbocycles. The molecule has 1 amide bonds. The minimum Gasteiger partial charge on any atom is -0.480 e. The Kier molecular flexibility index (Phi) is 27.7. The summed E-state index contributed by atoms with van der Waals surface area (Å²) in [5, 5.41) is 46.6. The van der Waals surface area contributed by atoms with Gasteiger partial charge < -0.3 is 82.1 Å². The standard InChI is InChI=1S/C11H12N2O2.C10H20N6O5.C6H14N4O2.C5H11NO2S/c12-9(11(14)15)5-7-6-13-10-4-2-1-3-8(7)10;11-4(8(18)19)1-2-7(16-10(13)14)15-5(9(20)21)3-6(12)17;7-4(5(11)12)2-1-3-10-6(8)9;1-9-3-2-4(6)5(7)8/h1-4,6,9,13H,5,12H2,(H,14,15);4-5,7,15H,1-3,11H2,(H2,12,17)(H,18,19)(H,20,21)(H4,13,14,16);4H,1-3,7H2,(H,11,12)(H4,8,9,10);4H,2-3,6H2,1H3,(H,7,8)/t9-;4-,5-,7?;2*4-/m0000/s1. The lowest BCUT2D eigenvalue weighted by Gasteiger charge is -2.20. The Balaban J connectivity index is 0. The molecule has 0 saturated heterocycles. The van der Waals surface area contributed by atoms with E-state index in [2.05, 4.69) is 20.3 Å². The van der Waals surface area contributed by atoms with E-state index in [1.807, 2.05) is 36.7 Å². The van der Waals surface area contributed by atoms with Crippen LogP contribution in [0.5, 0.6) is 0 Å². The minimum atomic E-state index is -1.31. The highest BCUT2D eigenvalue weighted by Crippen LogP contribution is 2.18. The summed E-state index contributed by atoms with van der Waals surface area (Å²) in [5.74, 6) is -5.71. The molecule has 0 aliphatic carbocycles. The van der Waals surface area contributed by atoms with E-state index >= 15 is 0 Å². The van der Waals surface area contributed by atoms with Gasteiger partial charge in [0.15, 0.2) is 11.9 Å². The second-order valence-corrected chi connectivity index (χ2v) is 12.9. The van der Waals surface area contributed by atoms with E-state index in [9.17, 15) is 28.8 Å². The number of hydrogen-bond donors (Lipinski definition) is 16. The normalized spacial score (nSPS) is 13.4. The molecular weight excluding hydrogens is 774 g/mol. The summed E-state index contributed by atoms with van der Waals surface area (Å²) in [6.45, 7) is 0.420. The quantitative estimate of drug-likeness (QED) is 0.0310. The molecule has 2 rings (SSSR count). The number of para-hydroxylation sites is 1. The summed E-state index contributed by atoms with van der Waals surface area (Å²) >= 11 is 1.60. The number of aliphatic carboxylic acids is 5. The van der Waals surface area contributed by atoms with Crippen molar-refractivity contribution in [3.63, 3.8) is 0 Å². The molecule has 0 aliphatic heterocycles. The number of carbonyl (C=O) groups excluding carboxylic acids is 1. The topological polar surface area (TPSA) is 490 Å². The lowest BCUT2D eigenvalue weighted by molar-refractivity contribution is -0.142. The van der Waals surface area contributed by atoms with Crippen LogP contribution in [0.3, 0.4) is 0 Å². The average molecular weight is 832 g/mol. The number of aromatic nitrogens is 1. The molecule has 25 N–H and O–H groups in total. The number of carbonyl (C=O) groups is 6. The van der Waals surface area contributed by atoms with Crippen LogP contribution in [0.4, 0.5) is 0 Å². The molecule has 0 spiro atoms. The number of benzene rings is 1. The fourth-order valence-electron chi connectivity index (χ4n) is 4.11. The van der Waals surface area contributed by atoms with E-state index in [0.717, 1.165) is 22.2 Å². The van der Waals surface area contributed by atoms with Crippen LogP contribution in [-0.4, -0.2) is 133 Å². The van der Waals surface area contributed by atoms with Crippen molar-refractivity contribution in [2.45, 2.75) is 81.3 Å². The molecule has 1 aromatic carbocycles. The molecule has 0 radical (unpaired) electrons. The van der Waals surface area contributed by atoms with Crippen molar-refractivity contribution in [3.05, 3.63) is 36.0 Å². The van der Waals surface area contributed by atoms with Gasteiger partial charge in [-0.05, 0) is 55.7 Å². The number of nitrogens with one attached hydrogen (secondary N) is 2. The number of primary amides is 1. The zero-order chi connectivity index (χ0) is 44.2. The van der Waals surface area contributed by atoms with Gasteiger partial charge in [0.05, 0.1) is 6.42 Å². The van der Waals surface area contributed by atoms with E-state index < -0.39 is 78.5 Å². The van der Waals surface area contributed by atoms with Crippen molar-refractivity contribution in [1.29, 1.82) is 0 Å². The fraction of sp³-hybridized carbons (Fsp3) is 0.500. The van der Waals surface area contributed by atoms with E-state index in [-0.39, 0.29) is 24.8 Å². The van der Waals surface area contributed by atoms with Crippen LogP contribution in [-0.2, 0) is 35.2 Å². The van der Waals surface area contributed by atoms with Crippen molar-refractivity contribution < 1.29 is 54.3 Å². The van der Waals surface area contributed by atoms with E-state index in [1.165, 1.54) is 0 Å². The van der Waals surface area contributed by atoms with Crippen molar-refractivity contribution in [3.8, 4) is 0 Å². The lowest BCUT2D eigenvalue weighted by atomic mass is 10.1. The molecule has 322 valence electrons. The van der Waals surface area contributed by atoms with Gasteiger partial charge in [0.1, 0.15) is 36.4 Å². The minimum absolute atomic E-state index is 0.00664. The molecule has 1 unspecified atom stereocenters. The van der Waals surface area contributed by atoms with Crippen molar-refractivity contribution in [1.82, 2.24) is 10.3 Å². The van der Waals surface area contributed by atoms with Crippen LogP contribution in [0.2, 0.25) is 0 Å². The number of fused-ring (bicyclic) bond motifs is 1. The fourth-order valence-corrected chi connectivity index (χ4v) is 4.60. The first-order valence-corrected chi connectivity index (χ1v) is 18.3. The van der Waals surface area contributed by atoms with Gasteiger partial charge in [-0.2, -0.15) is 11.8 Å². The Morgan fingerprint density at radius 3 is 1.72 bits per heavy atom. The van der Waals surface area contributed by atoms with Crippen molar-refractivity contribution in [2.24, 2.45) is 61.6 Å². The lowest BCUT2D eigenvalue weighted by Crippen LogP contribution is -2.46. The molecule has 57 heavy (non-hydrogen) atoms. The molecule has 6 atom stereocenters. The summed E-state index contributed by atoms with van der Waals surface area (Å²) in [6.07, 6.45) is 4.30. The Morgan fingerprint density at radius 2 is 1.25 bits per heavy atom. The number of nitrogens with two attached hydrogens (primary N) is 9. The zero-order valence-corrected chi connectivity index (χ0v) is 32.2. The highest BCUT2D eigenvalue weighted by molar-refractivity contribution is 7.98. The van der Waals surface area contributed by atoms with Crippen LogP contribution in [0.1, 0.15) is 44.1 Å². The number of carboxylic acid groups (broad SMARTS) is 5. The number of carboxylic acids is 5. The van der Waals surface area contributed by atoms with Crippen LogP contribution in [0, 0.1) is 0 Å². The highest BCUT2D eigenvalue weighted by Gasteiger charge is 2.24. The van der Waals surface area contributed by atoms with Gasteiger partial charge in [0, 0.05) is 30.1 Å². The number of nitrogens with zero attached hydrogens (tertiary/aromatic N) is 2. The molecule has 1 heterocycles. The van der Waals surface area contributed by atoms with Gasteiger partial charge in [-0.3, -0.25) is 39.1 Å². The Labute approximate surface area is 332 Å². The molecule has 2 aromatic rings. The molecule has 0 bridgehead atoms. The Morgan fingerprint density at radius 1 is 0.719 bits per heavy atom. The first-order chi connectivity index (χ1) is 26.5. The Hall–Kier alpha value is -5.73. The molecule has 24 nitrogen and oxygen atoms in total. The SMILES string of the molecule is CSCC[C@H](N)C(=O)O.NC(=O)C[C@H](NC(CC[C@H](N)C(=O)O)N=C(N)N)C(=O)O.NC(N)=NCCC[C@H](N)C(=O)O.N[C@@H](Cc1c[nH]c2ccccc12)C(=O)O. The third kappa shape index (κ3) is 26.7. The number of H-pyrrole nitrogens is 1. The third-order valence-electron chi connectivity index (χ3n) is 7.14. The first-order valence-electron chi connectivity index (χ1n) is 16.9. The van der Waals surface area contributed by atoms with Gasteiger partial charge in [-0.1, -0.05) is 18.2 Å². The maximum absolute atomic E-state index is 11.0. The molecule has 0 aliphatic rings. The number of amides is 1. The number of aromatic amines is 1. The average Bonchev–Trinajstić information content (AvgIpc) is 3.53.